The molecule has 0 aliphatic carbocycles. The van der Waals surface area contributed by atoms with Crippen molar-refractivity contribution in [3.63, 3.8) is 0 Å². The lowest BCUT2D eigenvalue weighted by Crippen LogP contribution is -2.29. The summed E-state index contributed by atoms with van der Waals surface area (Å²) in [6, 6.07) is 13.3. The molecular weight excluding hydrogens is 392 g/mol. The first-order valence-electron chi connectivity index (χ1n) is 8.36. The Hall–Kier alpha value is -2.84. The predicted octanol–water partition coefficient (Wildman–Crippen LogP) is 3.92. The van der Waals surface area contributed by atoms with E-state index in [4.69, 9.17) is 16.3 Å². The van der Waals surface area contributed by atoms with E-state index in [1.807, 2.05) is 0 Å². The molecule has 9 heteroatoms. The second kappa shape index (κ2) is 8.04. The zero-order valence-corrected chi connectivity index (χ0v) is 15.5. The number of esters is 1. The third kappa shape index (κ3) is 3.74. The smallest absolute Gasteiger partial charge is 0.361 e. The Morgan fingerprint density at radius 1 is 1.21 bits per heavy atom. The van der Waals surface area contributed by atoms with Gasteiger partial charge in [0.1, 0.15) is 6.10 Å². The number of benzene rings is 2. The Morgan fingerprint density at radius 3 is 2.46 bits per heavy atom. The normalized spacial score (nSPS) is 12.6. The Kier molecular flexibility index (Phi) is 5.71. The van der Waals surface area contributed by atoms with Crippen LogP contribution in [0.1, 0.15) is 34.8 Å². The molecule has 3 rings (SSSR count). The Morgan fingerprint density at radius 2 is 1.86 bits per heavy atom. The summed E-state index contributed by atoms with van der Waals surface area (Å²) in [5.41, 5.74) is -1.35. The number of para-hydroxylation sites is 1. The molecule has 1 unspecified atom stereocenters. The third-order valence-corrected chi connectivity index (χ3v) is 4.24. The van der Waals surface area contributed by atoms with Crippen LogP contribution in [0.3, 0.4) is 0 Å². The van der Waals surface area contributed by atoms with Gasteiger partial charge in [-0.1, -0.05) is 47.1 Å². The van der Waals surface area contributed by atoms with Crippen LogP contribution in [0.4, 0.5) is 8.78 Å². The standard InChI is InChI=1S/C19H16ClF2N3O3/c1-2-28-18(27)15-16(25(24-23-15)14-6-4-3-5-7-14)19(21,22)17(26)12-8-10-13(20)11-9-12/h3-11,17,26H,2H2,1H3. The molecule has 1 N–H and O–H groups in total. The minimum Gasteiger partial charge on any atom is -0.461 e. The summed E-state index contributed by atoms with van der Waals surface area (Å²) in [6.07, 6.45) is -2.26. The van der Waals surface area contributed by atoms with Crippen LogP contribution in [-0.4, -0.2) is 32.7 Å². The summed E-state index contributed by atoms with van der Waals surface area (Å²) in [6.45, 7) is 1.52. The van der Waals surface area contributed by atoms with E-state index in [-0.39, 0.29) is 17.9 Å². The van der Waals surface area contributed by atoms with E-state index in [0.29, 0.717) is 5.02 Å². The summed E-state index contributed by atoms with van der Waals surface area (Å²) < 4.78 is 36.4. The van der Waals surface area contributed by atoms with Crippen molar-refractivity contribution in [1.29, 1.82) is 0 Å². The number of hydrogen-bond acceptors (Lipinski definition) is 5. The van der Waals surface area contributed by atoms with Crippen LogP contribution in [0.5, 0.6) is 0 Å². The Labute approximate surface area is 164 Å². The summed E-state index contributed by atoms with van der Waals surface area (Å²) in [5, 5.41) is 18.0. The SMILES string of the molecule is CCOC(=O)c1nnn(-c2ccccc2)c1C(F)(F)C(O)c1ccc(Cl)cc1. The van der Waals surface area contributed by atoms with Crippen molar-refractivity contribution in [2.24, 2.45) is 0 Å². The van der Waals surface area contributed by atoms with Gasteiger partial charge in [-0.05, 0) is 36.8 Å². The van der Waals surface area contributed by atoms with Crippen molar-refractivity contribution < 1.29 is 23.4 Å². The highest BCUT2D eigenvalue weighted by atomic mass is 35.5. The molecule has 1 aromatic heterocycles. The fourth-order valence-electron chi connectivity index (χ4n) is 2.65. The number of alkyl halides is 2. The Bertz CT molecular complexity index is 962. The number of aromatic nitrogens is 3. The zero-order chi connectivity index (χ0) is 20.3. The number of ether oxygens (including phenoxy) is 1. The van der Waals surface area contributed by atoms with Crippen molar-refractivity contribution in [3.8, 4) is 5.69 Å². The number of rotatable bonds is 6. The number of aliphatic hydroxyl groups excluding tert-OH is 1. The molecule has 0 amide bonds. The van der Waals surface area contributed by atoms with E-state index in [9.17, 15) is 9.90 Å². The molecule has 0 spiro atoms. The van der Waals surface area contributed by atoms with Gasteiger partial charge in [-0.3, -0.25) is 0 Å². The first kappa shape index (κ1) is 19.9. The number of carbonyl (C=O) groups excluding carboxylic acids is 1. The number of halogens is 3. The van der Waals surface area contributed by atoms with Gasteiger partial charge >= 0.3 is 11.9 Å². The summed E-state index contributed by atoms with van der Waals surface area (Å²) in [4.78, 5) is 12.2. The largest absolute Gasteiger partial charge is 0.461 e. The number of nitrogens with zero attached hydrogens (tertiary/aromatic N) is 3. The van der Waals surface area contributed by atoms with Crippen LogP contribution in [0.15, 0.2) is 54.6 Å². The van der Waals surface area contributed by atoms with Crippen LogP contribution in [-0.2, 0) is 10.7 Å². The first-order valence-corrected chi connectivity index (χ1v) is 8.74. The predicted molar refractivity (Wildman–Crippen MR) is 97.6 cm³/mol. The van der Waals surface area contributed by atoms with E-state index in [2.05, 4.69) is 10.3 Å². The fraction of sp³-hybridized carbons (Fsp3) is 0.211. The maximum atomic E-state index is 15.4. The van der Waals surface area contributed by atoms with E-state index >= 15 is 8.78 Å². The second-order valence-electron chi connectivity index (χ2n) is 5.83. The van der Waals surface area contributed by atoms with Gasteiger partial charge in [0.15, 0.2) is 5.69 Å². The quantitative estimate of drug-likeness (QED) is 0.626. The second-order valence-corrected chi connectivity index (χ2v) is 6.27. The van der Waals surface area contributed by atoms with Gasteiger partial charge in [0, 0.05) is 5.02 Å². The maximum Gasteiger partial charge on any atom is 0.361 e. The van der Waals surface area contributed by atoms with Crippen LogP contribution in [0, 0.1) is 0 Å². The van der Waals surface area contributed by atoms with E-state index in [1.54, 1.807) is 25.1 Å². The lowest BCUT2D eigenvalue weighted by Gasteiger charge is -2.24. The minimum absolute atomic E-state index is 0.0260. The molecule has 0 bridgehead atoms. The highest BCUT2D eigenvalue weighted by molar-refractivity contribution is 6.30. The summed E-state index contributed by atoms with van der Waals surface area (Å²) >= 11 is 5.78. The van der Waals surface area contributed by atoms with Crippen molar-refractivity contribution in [1.82, 2.24) is 15.0 Å². The minimum atomic E-state index is -3.91. The number of carbonyl (C=O) groups is 1. The molecule has 0 saturated carbocycles. The molecule has 28 heavy (non-hydrogen) atoms. The van der Waals surface area contributed by atoms with Gasteiger partial charge in [0.05, 0.1) is 12.3 Å². The van der Waals surface area contributed by atoms with Crippen molar-refractivity contribution in [2.45, 2.75) is 19.0 Å². The molecular formula is C19H16ClF2N3O3. The zero-order valence-electron chi connectivity index (χ0n) is 14.7. The van der Waals surface area contributed by atoms with Gasteiger partial charge in [0.25, 0.3) is 0 Å². The third-order valence-electron chi connectivity index (χ3n) is 3.98. The lowest BCUT2D eigenvalue weighted by molar-refractivity contribution is -0.122. The van der Waals surface area contributed by atoms with Gasteiger partial charge in [-0.15, -0.1) is 5.10 Å². The van der Waals surface area contributed by atoms with E-state index in [1.165, 1.54) is 36.4 Å². The molecule has 0 fully saturated rings. The van der Waals surface area contributed by atoms with E-state index < -0.39 is 29.4 Å². The van der Waals surface area contributed by atoms with Crippen LogP contribution >= 0.6 is 11.6 Å². The van der Waals surface area contributed by atoms with E-state index in [0.717, 1.165) is 4.68 Å². The van der Waals surface area contributed by atoms with Gasteiger partial charge < -0.3 is 9.84 Å². The highest BCUT2D eigenvalue weighted by Crippen LogP contribution is 2.42. The molecule has 2 aromatic carbocycles. The molecule has 0 aliphatic heterocycles. The van der Waals surface area contributed by atoms with Crippen LogP contribution < -0.4 is 0 Å². The molecule has 6 nitrogen and oxygen atoms in total. The van der Waals surface area contributed by atoms with Gasteiger partial charge in [0.2, 0.25) is 5.69 Å². The fourth-order valence-corrected chi connectivity index (χ4v) is 2.78. The average molecular weight is 408 g/mol. The van der Waals surface area contributed by atoms with Crippen LogP contribution in [0.25, 0.3) is 5.69 Å². The molecule has 0 aliphatic rings. The maximum absolute atomic E-state index is 15.4. The van der Waals surface area contributed by atoms with Gasteiger partial charge in [-0.25, -0.2) is 9.48 Å². The van der Waals surface area contributed by atoms with Crippen LogP contribution in [0.2, 0.25) is 5.02 Å². The molecule has 0 radical (unpaired) electrons. The topological polar surface area (TPSA) is 77.2 Å². The lowest BCUT2D eigenvalue weighted by atomic mass is 9.99. The monoisotopic (exact) mass is 407 g/mol. The molecule has 146 valence electrons. The first-order chi connectivity index (χ1) is 13.4. The van der Waals surface area contributed by atoms with Crippen molar-refractivity contribution >= 4 is 17.6 Å². The average Bonchev–Trinajstić information content (AvgIpc) is 3.15. The molecule has 1 heterocycles. The molecule has 0 saturated heterocycles. The summed E-state index contributed by atoms with van der Waals surface area (Å²) in [5.74, 6) is -4.96. The molecule has 1 atom stereocenters. The molecule has 3 aromatic rings. The Balaban J connectivity index is 2.15. The van der Waals surface area contributed by atoms with Crippen molar-refractivity contribution in [2.75, 3.05) is 6.61 Å². The number of hydrogen-bond donors (Lipinski definition) is 1. The highest BCUT2D eigenvalue weighted by Gasteiger charge is 2.48. The number of aliphatic hydroxyl groups is 1. The van der Waals surface area contributed by atoms with Crippen molar-refractivity contribution in [3.05, 3.63) is 76.6 Å². The van der Waals surface area contributed by atoms with Gasteiger partial charge in [-0.2, -0.15) is 8.78 Å². The summed E-state index contributed by atoms with van der Waals surface area (Å²) in [7, 11) is 0.